The molecule has 0 spiro atoms. The number of aromatic nitrogens is 2. The van der Waals surface area contributed by atoms with E-state index in [0.29, 0.717) is 37.0 Å². The molecule has 0 amide bonds. The molecule has 2 fully saturated rings. The Morgan fingerprint density at radius 3 is 2.62 bits per heavy atom. The molecule has 2 unspecified atom stereocenters. The number of ether oxygens (including phenoxy) is 1. The van der Waals surface area contributed by atoms with Crippen molar-refractivity contribution in [1.29, 1.82) is 0 Å². The van der Waals surface area contributed by atoms with Crippen molar-refractivity contribution in [2.24, 2.45) is 11.8 Å². The SMILES string of the molecule is CCOC(=O)C1(c2cc(NS(=O)(=O)C(C)C)ncn2)CC2CC2C1. The van der Waals surface area contributed by atoms with E-state index in [4.69, 9.17) is 4.74 Å². The molecular formula is C16H23N3O4S. The zero-order valence-corrected chi connectivity index (χ0v) is 15.0. The van der Waals surface area contributed by atoms with E-state index < -0.39 is 20.7 Å². The second kappa shape index (κ2) is 5.98. The van der Waals surface area contributed by atoms with Gasteiger partial charge in [0.25, 0.3) is 0 Å². The first-order valence-corrected chi connectivity index (χ1v) is 9.84. The Labute approximate surface area is 142 Å². The van der Waals surface area contributed by atoms with Crippen LogP contribution in [0.3, 0.4) is 0 Å². The van der Waals surface area contributed by atoms with E-state index in [2.05, 4.69) is 14.7 Å². The Morgan fingerprint density at radius 2 is 2.04 bits per heavy atom. The van der Waals surface area contributed by atoms with Gasteiger partial charge in [-0.25, -0.2) is 18.4 Å². The topological polar surface area (TPSA) is 98.2 Å². The van der Waals surface area contributed by atoms with Crippen LogP contribution in [0.1, 0.15) is 45.7 Å². The molecule has 0 radical (unpaired) electrons. The van der Waals surface area contributed by atoms with Gasteiger partial charge in [-0.05, 0) is 51.9 Å². The Balaban J connectivity index is 1.92. The van der Waals surface area contributed by atoms with Crippen LogP contribution >= 0.6 is 0 Å². The van der Waals surface area contributed by atoms with Crippen molar-refractivity contribution in [2.75, 3.05) is 11.3 Å². The van der Waals surface area contributed by atoms with Gasteiger partial charge in [0, 0.05) is 6.07 Å². The fourth-order valence-electron chi connectivity index (χ4n) is 3.48. The Bertz CT molecular complexity index is 737. The van der Waals surface area contributed by atoms with Gasteiger partial charge >= 0.3 is 5.97 Å². The van der Waals surface area contributed by atoms with Gasteiger partial charge in [-0.15, -0.1) is 0 Å². The molecule has 2 saturated carbocycles. The maximum absolute atomic E-state index is 12.6. The number of nitrogens with one attached hydrogen (secondary N) is 1. The summed E-state index contributed by atoms with van der Waals surface area (Å²) in [6.07, 6.45) is 3.88. The van der Waals surface area contributed by atoms with E-state index in [-0.39, 0.29) is 11.8 Å². The molecule has 2 aliphatic rings. The summed E-state index contributed by atoms with van der Waals surface area (Å²) in [5.41, 5.74) is -0.227. The predicted molar refractivity (Wildman–Crippen MR) is 88.9 cm³/mol. The molecule has 2 aliphatic carbocycles. The average molecular weight is 353 g/mol. The largest absolute Gasteiger partial charge is 0.465 e. The predicted octanol–water partition coefficient (Wildman–Crippen LogP) is 1.86. The van der Waals surface area contributed by atoms with Gasteiger partial charge in [0.05, 0.1) is 17.6 Å². The number of sulfonamides is 1. The lowest BCUT2D eigenvalue weighted by Gasteiger charge is -2.28. The van der Waals surface area contributed by atoms with E-state index in [1.54, 1.807) is 26.8 Å². The van der Waals surface area contributed by atoms with Crippen molar-refractivity contribution in [2.45, 2.75) is 50.7 Å². The maximum Gasteiger partial charge on any atom is 0.318 e. The summed E-state index contributed by atoms with van der Waals surface area (Å²) in [6, 6.07) is 1.57. The minimum atomic E-state index is -3.50. The Hall–Kier alpha value is -1.70. The second-order valence-electron chi connectivity index (χ2n) is 6.95. The minimum absolute atomic E-state index is 0.193. The molecule has 1 N–H and O–H groups in total. The molecule has 0 aliphatic heterocycles. The van der Waals surface area contributed by atoms with Gasteiger partial charge in [0.1, 0.15) is 17.6 Å². The van der Waals surface area contributed by atoms with Crippen molar-refractivity contribution in [3.63, 3.8) is 0 Å². The average Bonchev–Trinajstić information content (AvgIpc) is 3.13. The van der Waals surface area contributed by atoms with E-state index in [9.17, 15) is 13.2 Å². The van der Waals surface area contributed by atoms with Crippen LogP contribution in [0, 0.1) is 11.8 Å². The van der Waals surface area contributed by atoms with Crippen molar-refractivity contribution in [3.8, 4) is 0 Å². The summed E-state index contributed by atoms with van der Waals surface area (Å²) >= 11 is 0. The van der Waals surface area contributed by atoms with Gasteiger partial charge in [0.15, 0.2) is 0 Å². The number of hydrogen-bond acceptors (Lipinski definition) is 6. The number of hydrogen-bond donors (Lipinski definition) is 1. The molecule has 0 bridgehead atoms. The zero-order valence-electron chi connectivity index (χ0n) is 14.2. The van der Waals surface area contributed by atoms with Crippen LogP contribution in [-0.4, -0.2) is 36.2 Å². The third-order valence-electron chi connectivity index (χ3n) is 4.98. The molecule has 2 atom stereocenters. The second-order valence-corrected chi connectivity index (χ2v) is 9.19. The summed E-state index contributed by atoms with van der Waals surface area (Å²) in [5, 5.41) is -0.575. The molecule has 1 aromatic rings. The summed E-state index contributed by atoms with van der Waals surface area (Å²) in [4.78, 5) is 20.9. The first kappa shape index (κ1) is 17.1. The first-order valence-electron chi connectivity index (χ1n) is 8.30. The van der Waals surface area contributed by atoms with Gasteiger partial charge in [-0.1, -0.05) is 0 Å². The number of fused-ring (bicyclic) bond motifs is 1. The standard InChI is InChI=1S/C16H23N3O4S/c1-4-23-15(20)16(7-11-5-12(11)8-16)13-6-14(18-9-17-13)19-24(21,22)10(2)3/h6,9-12H,4-5,7-8H2,1-3H3,(H,17,18,19). The van der Waals surface area contributed by atoms with Crippen molar-refractivity contribution in [1.82, 2.24) is 9.97 Å². The summed E-state index contributed by atoms with van der Waals surface area (Å²) in [6.45, 7) is 5.28. The highest BCUT2D eigenvalue weighted by Crippen LogP contribution is 2.60. The van der Waals surface area contributed by atoms with Crippen LogP contribution < -0.4 is 4.72 Å². The molecular weight excluding hydrogens is 330 g/mol. The number of nitrogens with zero attached hydrogens (tertiary/aromatic N) is 2. The smallest absolute Gasteiger partial charge is 0.318 e. The van der Waals surface area contributed by atoms with Crippen molar-refractivity contribution >= 4 is 21.8 Å². The Kier molecular flexibility index (Phi) is 4.27. The molecule has 7 nitrogen and oxygen atoms in total. The highest BCUT2D eigenvalue weighted by atomic mass is 32.2. The lowest BCUT2D eigenvalue weighted by Crippen LogP contribution is -2.37. The van der Waals surface area contributed by atoms with Crippen molar-refractivity contribution < 1.29 is 17.9 Å². The fourth-order valence-corrected chi connectivity index (χ4v) is 4.12. The number of esters is 1. The molecule has 1 aromatic heterocycles. The molecule has 3 rings (SSSR count). The van der Waals surface area contributed by atoms with Gasteiger partial charge in [-0.2, -0.15) is 0 Å². The van der Waals surface area contributed by atoms with Gasteiger partial charge in [-0.3, -0.25) is 9.52 Å². The van der Waals surface area contributed by atoms with E-state index in [1.165, 1.54) is 6.33 Å². The molecule has 0 aromatic carbocycles. The monoisotopic (exact) mass is 353 g/mol. The third kappa shape index (κ3) is 2.99. The normalized spacial score (nSPS) is 28.5. The molecule has 0 saturated heterocycles. The van der Waals surface area contributed by atoms with E-state index in [0.717, 1.165) is 6.42 Å². The van der Waals surface area contributed by atoms with Crippen LogP contribution in [0.2, 0.25) is 0 Å². The summed E-state index contributed by atoms with van der Waals surface area (Å²) in [7, 11) is -3.50. The van der Waals surface area contributed by atoms with Gasteiger partial charge in [0.2, 0.25) is 10.0 Å². The highest BCUT2D eigenvalue weighted by molar-refractivity contribution is 7.93. The summed E-state index contributed by atoms with van der Waals surface area (Å²) in [5.74, 6) is 1.01. The van der Waals surface area contributed by atoms with Crippen LogP contribution in [0.15, 0.2) is 12.4 Å². The number of rotatable bonds is 6. The van der Waals surface area contributed by atoms with Crippen LogP contribution in [-0.2, 0) is 25.0 Å². The van der Waals surface area contributed by atoms with Gasteiger partial charge < -0.3 is 4.74 Å². The molecule has 24 heavy (non-hydrogen) atoms. The van der Waals surface area contributed by atoms with E-state index in [1.807, 2.05) is 0 Å². The van der Waals surface area contributed by atoms with E-state index >= 15 is 0 Å². The van der Waals surface area contributed by atoms with Crippen LogP contribution in [0.5, 0.6) is 0 Å². The number of carbonyl (C=O) groups is 1. The third-order valence-corrected chi connectivity index (χ3v) is 6.72. The summed E-state index contributed by atoms with van der Waals surface area (Å²) < 4.78 is 31.8. The first-order chi connectivity index (χ1) is 11.3. The van der Waals surface area contributed by atoms with Crippen LogP contribution in [0.4, 0.5) is 5.82 Å². The molecule has 1 heterocycles. The lowest BCUT2D eigenvalue weighted by molar-refractivity contribution is -0.150. The minimum Gasteiger partial charge on any atom is -0.465 e. The highest BCUT2D eigenvalue weighted by Gasteiger charge is 2.59. The number of carbonyl (C=O) groups excluding carboxylic acids is 1. The Morgan fingerprint density at radius 1 is 1.38 bits per heavy atom. The fraction of sp³-hybridized carbons (Fsp3) is 0.688. The van der Waals surface area contributed by atoms with Crippen molar-refractivity contribution in [3.05, 3.63) is 18.1 Å². The molecule has 8 heteroatoms. The number of anilines is 1. The van der Waals surface area contributed by atoms with Crippen LogP contribution in [0.25, 0.3) is 0 Å². The lowest BCUT2D eigenvalue weighted by atomic mass is 9.79. The molecule has 132 valence electrons. The zero-order chi connectivity index (χ0) is 17.5. The quantitative estimate of drug-likeness (QED) is 0.784. The maximum atomic E-state index is 12.6.